The van der Waals surface area contributed by atoms with E-state index in [0.29, 0.717) is 24.3 Å². The first kappa shape index (κ1) is 20.6. The van der Waals surface area contributed by atoms with Crippen LogP contribution in [0.5, 0.6) is 0 Å². The van der Waals surface area contributed by atoms with E-state index in [1.807, 2.05) is 30.3 Å². The fraction of sp³-hybridized carbons (Fsp3) is 0.391. The second kappa shape index (κ2) is 9.89. The number of nitrogens with zero attached hydrogens (tertiary/aromatic N) is 4. The number of benzene rings is 1. The van der Waals surface area contributed by atoms with Gasteiger partial charge in [0, 0.05) is 24.0 Å². The van der Waals surface area contributed by atoms with Gasteiger partial charge in [-0.05, 0) is 36.5 Å². The van der Waals surface area contributed by atoms with Gasteiger partial charge in [0.1, 0.15) is 0 Å². The number of carbonyl (C=O) groups is 1. The molecule has 6 nitrogen and oxygen atoms in total. The Kier molecular flexibility index (Phi) is 6.79. The van der Waals surface area contributed by atoms with Crippen LogP contribution in [0.15, 0.2) is 60.0 Å². The summed E-state index contributed by atoms with van der Waals surface area (Å²) in [7, 11) is 0. The van der Waals surface area contributed by atoms with Gasteiger partial charge in [-0.2, -0.15) is 0 Å². The fourth-order valence-electron chi connectivity index (χ4n) is 3.92. The Bertz CT molecular complexity index is 960. The van der Waals surface area contributed by atoms with Crippen molar-refractivity contribution in [3.8, 4) is 11.4 Å². The summed E-state index contributed by atoms with van der Waals surface area (Å²) in [4.78, 5) is 16.8. The van der Waals surface area contributed by atoms with Crippen LogP contribution >= 0.6 is 11.8 Å². The van der Waals surface area contributed by atoms with Crippen LogP contribution in [-0.2, 0) is 11.3 Å². The lowest BCUT2D eigenvalue weighted by atomic mass is 9.86. The van der Waals surface area contributed by atoms with E-state index in [9.17, 15) is 4.79 Å². The molecule has 1 aliphatic rings. The van der Waals surface area contributed by atoms with Gasteiger partial charge in [0.05, 0.1) is 12.3 Å². The number of nitrogens with one attached hydrogen (secondary N) is 1. The molecule has 1 aliphatic carbocycles. The highest BCUT2D eigenvalue weighted by Gasteiger charge is 2.23. The maximum absolute atomic E-state index is 12.6. The number of carbonyl (C=O) groups excluding carboxylic acids is 1. The van der Waals surface area contributed by atoms with Gasteiger partial charge in [-0.3, -0.25) is 14.3 Å². The second-order valence-corrected chi connectivity index (χ2v) is 8.79. The number of aromatic nitrogens is 4. The SMILES string of the molecule is C[C@@H]1CCCC[C@H]1NC(=O)CSc1nnc(-c2cccnc2)n1Cc1ccccc1. The van der Waals surface area contributed by atoms with Gasteiger partial charge >= 0.3 is 0 Å². The van der Waals surface area contributed by atoms with Crippen LogP contribution in [0.25, 0.3) is 11.4 Å². The van der Waals surface area contributed by atoms with Crippen molar-refractivity contribution in [2.45, 2.75) is 50.4 Å². The first-order chi connectivity index (χ1) is 14.7. The van der Waals surface area contributed by atoms with E-state index in [2.05, 4.69) is 44.1 Å². The highest BCUT2D eigenvalue weighted by atomic mass is 32.2. The van der Waals surface area contributed by atoms with Crippen LogP contribution in [0.1, 0.15) is 38.2 Å². The lowest BCUT2D eigenvalue weighted by molar-refractivity contribution is -0.119. The van der Waals surface area contributed by atoms with Crippen molar-refractivity contribution >= 4 is 17.7 Å². The molecular weight excluding hydrogens is 394 g/mol. The molecule has 0 unspecified atom stereocenters. The number of pyridine rings is 1. The molecule has 2 aromatic heterocycles. The molecule has 0 saturated heterocycles. The summed E-state index contributed by atoms with van der Waals surface area (Å²) in [5.74, 6) is 1.71. The van der Waals surface area contributed by atoms with Crippen molar-refractivity contribution in [3.63, 3.8) is 0 Å². The largest absolute Gasteiger partial charge is 0.352 e. The Labute approximate surface area is 181 Å². The predicted octanol–water partition coefficient (Wildman–Crippen LogP) is 4.18. The summed E-state index contributed by atoms with van der Waals surface area (Å²) in [5, 5.41) is 12.8. The van der Waals surface area contributed by atoms with Crippen molar-refractivity contribution in [1.82, 2.24) is 25.1 Å². The third-order valence-corrected chi connectivity index (χ3v) is 6.58. The van der Waals surface area contributed by atoms with Gasteiger partial charge in [-0.25, -0.2) is 0 Å². The van der Waals surface area contributed by atoms with Crippen LogP contribution in [0.4, 0.5) is 0 Å². The van der Waals surface area contributed by atoms with E-state index in [1.165, 1.54) is 31.0 Å². The van der Waals surface area contributed by atoms with E-state index in [1.54, 1.807) is 12.4 Å². The molecule has 1 saturated carbocycles. The summed E-state index contributed by atoms with van der Waals surface area (Å²) < 4.78 is 2.06. The van der Waals surface area contributed by atoms with Gasteiger partial charge in [-0.15, -0.1) is 10.2 Å². The lowest BCUT2D eigenvalue weighted by Gasteiger charge is -2.29. The third kappa shape index (κ3) is 5.08. The quantitative estimate of drug-likeness (QED) is 0.580. The van der Waals surface area contributed by atoms with Crippen molar-refractivity contribution in [2.75, 3.05) is 5.75 Å². The summed E-state index contributed by atoms with van der Waals surface area (Å²) in [6.07, 6.45) is 8.26. The average Bonchev–Trinajstić information content (AvgIpc) is 3.17. The molecule has 2 atom stereocenters. The van der Waals surface area contributed by atoms with Gasteiger partial charge in [-0.1, -0.05) is 61.9 Å². The Balaban J connectivity index is 1.49. The highest BCUT2D eigenvalue weighted by Crippen LogP contribution is 2.26. The first-order valence-corrected chi connectivity index (χ1v) is 11.5. The number of rotatable bonds is 7. The van der Waals surface area contributed by atoms with Gasteiger partial charge < -0.3 is 5.32 Å². The van der Waals surface area contributed by atoms with Crippen LogP contribution in [0.2, 0.25) is 0 Å². The Morgan fingerprint density at radius 1 is 1.13 bits per heavy atom. The average molecular weight is 422 g/mol. The summed E-state index contributed by atoms with van der Waals surface area (Å²) in [5.41, 5.74) is 2.07. The minimum atomic E-state index is 0.0657. The molecule has 4 rings (SSSR count). The molecule has 1 N–H and O–H groups in total. The molecule has 7 heteroatoms. The molecule has 30 heavy (non-hydrogen) atoms. The molecule has 1 aromatic carbocycles. The predicted molar refractivity (Wildman–Crippen MR) is 119 cm³/mol. The summed E-state index contributed by atoms with van der Waals surface area (Å²) in [6, 6.07) is 14.4. The van der Waals surface area contributed by atoms with E-state index >= 15 is 0 Å². The highest BCUT2D eigenvalue weighted by molar-refractivity contribution is 7.99. The normalized spacial score (nSPS) is 18.8. The van der Waals surface area contributed by atoms with Crippen LogP contribution < -0.4 is 5.32 Å². The van der Waals surface area contributed by atoms with E-state index in [4.69, 9.17) is 0 Å². The molecule has 0 radical (unpaired) electrons. The topological polar surface area (TPSA) is 72.7 Å². The van der Waals surface area contributed by atoms with E-state index in [0.717, 1.165) is 28.5 Å². The summed E-state index contributed by atoms with van der Waals surface area (Å²) >= 11 is 1.44. The standard InChI is InChI=1S/C23H27N5OS/c1-17-8-5-6-12-20(17)25-21(29)16-30-23-27-26-22(19-11-7-13-24-14-19)28(23)15-18-9-3-2-4-10-18/h2-4,7,9-11,13-14,17,20H,5-6,8,12,15-16H2,1H3,(H,25,29)/t17-,20-/m1/s1. The maximum atomic E-state index is 12.6. The minimum absolute atomic E-state index is 0.0657. The van der Waals surface area contributed by atoms with Crippen molar-refractivity contribution in [2.24, 2.45) is 5.92 Å². The van der Waals surface area contributed by atoms with Crippen molar-refractivity contribution in [1.29, 1.82) is 0 Å². The lowest BCUT2D eigenvalue weighted by Crippen LogP contribution is -2.41. The van der Waals surface area contributed by atoms with Crippen molar-refractivity contribution in [3.05, 3.63) is 60.4 Å². The third-order valence-electron chi connectivity index (χ3n) is 5.61. The van der Waals surface area contributed by atoms with Crippen LogP contribution in [0.3, 0.4) is 0 Å². The molecule has 0 bridgehead atoms. The molecule has 0 spiro atoms. The van der Waals surface area contributed by atoms with Gasteiger partial charge in [0.2, 0.25) is 5.91 Å². The number of amides is 1. The molecule has 156 valence electrons. The zero-order valence-corrected chi connectivity index (χ0v) is 18.0. The first-order valence-electron chi connectivity index (χ1n) is 10.5. The molecule has 1 fully saturated rings. The van der Waals surface area contributed by atoms with Crippen LogP contribution in [0, 0.1) is 5.92 Å². The molecule has 3 aromatic rings. The zero-order chi connectivity index (χ0) is 20.8. The Morgan fingerprint density at radius 3 is 2.73 bits per heavy atom. The maximum Gasteiger partial charge on any atom is 0.230 e. The molecular formula is C23H27N5OS. The minimum Gasteiger partial charge on any atom is -0.352 e. The Hall–Kier alpha value is -2.67. The summed E-state index contributed by atoms with van der Waals surface area (Å²) in [6.45, 7) is 2.87. The Morgan fingerprint density at radius 2 is 1.97 bits per heavy atom. The smallest absolute Gasteiger partial charge is 0.230 e. The van der Waals surface area contributed by atoms with Crippen molar-refractivity contribution < 1.29 is 4.79 Å². The number of hydrogen-bond donors (Lipinski definition) is 1. The monoisotopic (exact) mass is 421 g/mol. The molecule has 0 aliphatic heterocycles. The second-order valence-electron chi connectivity index (χ2n) is 7.84. The zero-order valence-electron chi connectivity index (χ0n) is 17.2. The fourth-order valence-corrected chi connectivity index (χ4v) is 4.67. The molecule has 1 amide bonds. The van der Waals surface area contributed by atoms with Crippen LogP contribution in [-0.4, -0.2) is 37.5 Å². The number of hydrogen-bond acceptors (Lipinski definition) is 5. The van der Waals surface area contributed by atoms with Gasteiger partial charge in [0.15, 0.2) is 11.0 Å². The van der Waals surface area contributed by atoms with Gasteiger partial charge in [0.25, 0.3) is 0 Å². The van der Waals surface area contributed by atoms with E-state index < -0.39 is 0 Å². The molecule has 2 heterocycles. The van der Waals surface area contributed by atoms with E-state index in [-0.39, 0.29) is 5.91 Å². The number of thioether (sulfide) groups is 1.